The van der Waals surface area contributed by atoms with Gasteiger partial charge in [-0.05, 0) is 24.0 Å². The van der Waals surface area contributed by atoms with Crippen molar-refractivity contribution in [1.29, 1.82) is 0 Å². The van der Waals surface area contributed by atoms with Gasteiger partial charge < -0.3 is 15.7 Å². The van der Waals surface area contributed by atoms with Crippen LogP contribution in [0, 0.1) is 0 Å². The Bertz CT molecular complexity index is 444. The summed E-state index contributed by atoms with van der Waals surface area (Å²) in [5.41, 5.74) is 2.14. The van der Waals surface area contributed by atoms with E-state index in [-0.39, 0.29) is 18.1 Å². The number of carbonyl (C=O) groups excluding carboxylic acids is 1. The molecule has 0 fully saturated rings. The zero-order chi connectivity index (χ0) is 13.8. The number of aliphatic hydroxyl groups excluding tert-OH is 1. The van der Waals surface area contributed by atoms with Gasteiger partial charge in [-0.25, -0.2) is 4.79 Å². The van der Waals surface area contributed by atoms with Crippen molar-refractivity contribution in [1.82, 2.24) is 10.6 Å². The molecule has 2 atom stereocenters. The molecule has 0 saturated heterocycles. The molecule has 3 N–H and O–H groups in total. The largest absolute Gasteiger partial charge is 0.390 e. The number of carbonyl (C=O) groups is 1. The minimum Gasteiger partial charge on any atom is -0.390 e. The zero-order valence-electron chi connectivity index (χ0n) is 11.5. The van der Waals surface area contributed by atoms with E-state index < -0.39 is 6.10 Å². The number of urea groups is 1. The molecule has 2 amide bonds. The van der Waals surface area contributed by atoms with Crippen LogP contribution in [0.25, 0.3) is 0 Å². The summed E-state index contributed by atoms with van der Waals surface area (Å²) in [6.45, 7) is 4.10. The molecule has 0 saturated carbocycles. The van der Waals surface area contributed by atoms with Crippen LogP contribution in [0.1, 0.15) is 43.9 Å². The van der Waals surface area contributed by atoms with Crippen LogP contribution < -0.4 is 10.6 Å². The summed E-state index contributed by atoms with van der Waals surface area (Å²) in [5, 5.41) is 15.9. The van der Waals surface area contributed by atoms with Crippen molar-refractivity contribution in [3.05, 3.63) is 35.4 Å². The molecular weight excluding hydrogens is 240 g/mol. The van der Waals surface area contributed by atoms with E-state index in [0.29, 0.717) is 6.42 Å². The van der Waals surface area contributed by atoms with E-state index in [9.17, 15) is 9.90 Å². The first-order chi connectivity index (χ1) is 9.15. The molecule has 0 spiro atoms. The average molecular weight is 262 g/mol. The lowest BCUT2D eigenvalue weighted by atomic mass is 10.1. The Morgan fingerprint density at radius 2 is 2.05 bits per heavy atom. The van der Waals surface area contributed by atoms with Gasteiger partial charge in [0.1, 0.15) is 0 Å². The van der Waals surface area contributed by atoms with Crippen molar-refractivity contribution in [2.75, 3.05) is 0 Å². The van der Waals surface area contributed by atoms with E-state index in [1.54, 1.807) is 0 Å². The van der Waals surface area contributed by atoms with Crippen LogP contribution >= 0.6 is 0 Å². The molecule has 4 heteroatoms. The Hall–Kier alpha value is -1.55. The first kappa shape index (κ1) is 13.9. The lowest BCUT2D eigenvalue weighted by molar-refractivity contribution is 0.141. The van der Waals surface area contributed by atoms with E-state index in [2.05, 4.69) is 10.6 Å². The third-order valence-electron chi connectivity index (χ3n) is 3.81. The van der Waals surface area contributed by atoms with Gasteiger partial charge in [0.2, 0.25) is 0 Å². The predicted octanol–water partition coefficient (Wildman–Crippen LogP) is 2.13. The highest BCUT2D eigenvalue weighted by atomic mass is 16.3. The summed E-state index contributed by atoms with van der Waals surface area (Å²) < 4.78 is 0. The molecule has 104 valence electrons. The Morgan fingerprint density at radius 1 is 1.37 bits per heavy atom. The van der Waals surface area contributed by atoms with Crippen molar-refractivity contribution in [2.45, 2.75) is 51.3 Å². The number of fused-ring (bicyclic) bond motifs is 1. The quantitative estimate of drug-likeness (QED) is 0.778. The third kappa shape index (κ3) is 3.07. The van der Waals surface area contributed by atoms with E-state index in [4.69, 9.17) is 0 Å². The van der Waals surface area contributed by atoms with Gasteiger partial charge in [-0.15, -0.1) is 0 Å². The Morgan fingerprint density at radius 3 is 2.74 bits per heavy atom. The molecule has 4 nitrogen and oxygen atoms in total. The number of hydrogen-bond acceptors (Lipinski definition) is 2. The molecule has 0 bridgehead atoms. The van der Waals surface area contributed by atoms with Crippen LogP contribution in [0.2, 0.25) is 0 Å². The maximum absolute atomic E-state index is 11.9. The highest BCUT2D eigenvalue weighted by molar-refractivity contribution is 5.75. The molecule has 0 heterocycles. The second-order valence-electron chi connectivity index (χ2n) is 5.08. The summed E-state index contributed by atoms with van der Waals surface area (Å²) >= 11 is 0. The van der Waals surface area contributed by atoms with Gasteiger partial charge >= 0.3 is 6.03 Å². The van der Waals surface area contributed by atoms with Crippen LogP contribution in [0.3, 0.4) is 0 Å². The first-order valence-electron chi connectivity index (χ1n) is 6.98. The molecular formula is C15H22N2O2. The average Bonchev–Trinajstić information content (AvgIpc) is 2.72. The maximum atomic E-state index is 11.9. The molecule has 0 aliphatic heterocycles. The number of nitrogens with one attached hydrogen (secondary N) is 2. The van der Waals surface area contributed by atoms with Crippen molar-refractivity contribution in [2.24, 2.45) is 0 Å². The van der Waals surface area contributed by atoms with Gasteiger partial charge in [0.25, 0.3) is 0 Å². The standard InChI is InChI=1S/C15H22N2O2/c1-3-11(4-2)16-15(19)17-14-12-8-6-5-7-10(12)9-13(14)18/h5-8,11,13-14,18H,3-4,9H2,1-2H3,(H2,16,17,19). The van der Waals surface area contributed by atoms with Gasteiger partial charge in [0, 0.05) is 12.5 Å². The minimum atomic E-state index is -0.537. The minimum absolute atomic E-state index is 0.189. The molecule has 1 aliphatic rings. The Labute approximate surface area is 114 Å². The van der Waals surface area contributed by atoms with E-state index in [0.717, 1.165) is 24.0 Å². The van der Waals surface area contributed by atoms with Crippen LogP contribution in [0.4, 0.5) is 4.79 Å². The lowest BCUT2D eigenvalue weighted by Gasteiger charge is -2.21. The predicted molar refractivity (Wildman–Crippen MR) is 74.9 cm³/mol. The van der Waals surface area contributed by atoms with E-state index >= 15 is 0 Å². The fourth-order valence-electron chi connectivity index (χ4n) is 2.61. The van der Waals surface area contributed by atoms with Crippen LogP contribution in [0.15, 0.2) is 24.3 Å². The van der Waals surface area contributed by atoms with Crippen molar-refractivity contribution < 1.29 is 9.90 Å². The molecule has 19 heavy (non-hydrogen) atoms. The van der Waals surface area contributed by atoms with Crippen LogP contribution in [-0.2, 0) is 6.42 Å². The Balaban J connectivity index is 2.01. The fourth-order valence-corrected chi connectivity index (χ4v) is 2.61. The van der Waals surface area contributed by atoms with E-state index in [1.165, 1.54) is 0 Å². The first-order valence-corrected chi connectivity index (χ1v) is 6.98. The van der Waals surface area contributed by atoms with Crippen molar-refractivity contribution >= 4 is 6.03 Å². The van der Waals surface area contributed by atoms with E-state index in [1.807, 2.05) is 38.1 Å². The second-order valence-corrected chi connectivity index (χ2v) is 5.08. The summed E-state index contributed by atoms with van der Waals surface area (Å²) in [6.07, 6.45) is 1.89. The number of aliphatic hydroxyl groups is 1. The number of amides is 2. The molecule has 0 radical (unpaired) electrons. The fraction of sp³-hybridized carbons (Fsp3) is 0.533. The molecule has 0 aromatic heterocycles. The van der Waals surface area contributed by atoms with Gasteiger partial charge in [-0.1, -0.05) is 38.1 Å². The number of benzene rings is 1. The highest BCUT2D eigenvalue weighted by Crippen LogP contribution is 2.31. The van der Waals surface area contributed by atoms with Crippen LogP contribution in [0.5, 0.6) is 0 Å². The number of rotatable bonds is 4. The van der Waals surface area contributed by atoms with Gasteiger partial charge in [0.15, 0.2) is 0 Å². The zero-order valence-corrected chi connectivity index (χ0v) is 11.5. The summed E-state index contributed by atoms with van der Waals surface area (Å²) in [5.74, 6) is 0. The summed E-state index contributed by atoms with van der Waals surface area (Å²) in [4.78, 5) is 11.9. The van der Waals surface area contributed by atoms with Gasteiger partial charge in [-0.2, -0.15) is 0 Å². The Kier molecular flexibility index (Phi) is 4.43. The van der Waals surface area contributed by atoms with Crippen molar-refractivity contribution in [3.63, 3.8) is 0 Å². The molecule has 1 aromatic carbocycles. The molecule has 2 rings (SSSR count). The summed E-state index contributed by atoms with van der Waals surface area (Å²) in [6, 6.07) is 7.55. The monoisotopic (exact) mass is 262 g/mol. The molecule has 2 unspecified atom stereocenters. The SMILES string of the molecule is CCC(CC)NC(=O)NC1c2ccccc2CC1O. The van der Waals surface area contributed by atoms with Gasteiger partial charge in [-0.3, -0.25) is 0 Å². The summed E-state index contributed by atoms with van der Waals surface area (Å²) in [7, 11) is 0. The normalized spacial score (nSPS) is 21.3. The topological polar surface area (TPSA) is 61.4 Å². The van der Waals surface area contributed by atoms with Crippen molar-refractivity contribution in [3.8, 4) is 0 Å². The number of hydrogen-bond donors (Lipinski definition) is 3. The molecule has 1 aliphatic carbocycles. The smallest absolute Gasteiger partial charge is 0.315 e. The van der Waals surface area contributed by atoms with Crippen LogP contribution in [-0.4, -0.2) is 23.3 Å². The second kappa shape index (κ2) is 6.06. The van der Waals surface area contributed by atoms with Gasteiger partial charge in [0.05, 0.1) is 12.1 Å². The maximum Gasteiger partial charge on any atom is 0.315 e. The highest BCUT2D eigenvalue weighted by Gasteiger charge is 2.31. The molecule has 1 aromatic rings. The lowest BCUT2D eigenvalue weighted by Crippen LogP contribution is -2.44. The third-order valence-corrected chi connectivity index (χ3v) is 3.81.